The van der Waals surface area contributed by atoms with Crippen molar-refractivity contribution in [1.29, 1.82) is 0 Å². The summed E-state index contributed by atoms with van der Waals surface area (Å²) in [5.74, 6) is 0.226. The van der Waals surface area contributed by atoms with E-state index in [9.17, 15) is 4.79 Å². The van der Waals surface area contributed by atoms with Crippen LogP contribution in [0, 0.1) is 13.8 Å². The van der Waals surface area contributed by atoms with Gasteiger partial charge in [0.2, 0.25) is 5.91 Å². The summed E-state index contributed by atoms with van der Waals surface area (Å²) in [6.45, 7) is 4.00. The molecule has 0 radical (unpaired) electrons. The van der Waals surface area contributed by atoms with Gasteiger partial charge in [-0.15, -0.1) is 11.8 Å². The highest BCUT2D eigenvalue weighted by Gasteiger charge is 2.08. The van der Waals surface area contributed by atoms with Crippen LogP contribution in [0.15, 0.2) is 41.3 Å². The van der Waals surface area contributed by atoms with Crippen LogP contribution >= 0.6 is 23.4 Å². The van der Waals surface area contributed by atoms with Gasteiger partial charge in [0, 0.05) is 21.3 Å². The van der Waals surface area contributed by atoms with Gasteiger partial charge in [-0.2, -0.15) is 0 Å². The molecule has 0 bridgehead atoms. The molecule has 0 aliphatic carbocycles. The highest BCUT2D eigenvalue weighted by atomic mass is 35.5. The largest absolute Gasteiger partial charge is 0.398 e. The number of halogens is 1. The van der Waals surface area contributed by atoms with Crippen molar-refractivity contribution in [3.05, 3.63) is 52.5 Å². The van der Waals surface area contributed by atoms with Crippen molar-refractivity contribution in [3.8, 4) is 0 Å². The van der Waals surface area contributed by atoms with Gasteiger partial charge < -0.3 is 11.1 Å². The minimum Gasteiger partial charge on any atom is -0.398 e. The molecule has 2 aromatic carbocycles. The van der Waals surface area contributed by atoms with Gasteiger partial charge >= 0.3 is 0 Å². The number of amides is 1. The highest BCUT2D eigenvalue weighted by Crippen LogP contribution is 2.28. The smallest absolute Gasteiger partial charge is 0.234 e. The van der Waals surface area contributed by atoms with Crippen molar-refractivity contribution in [2.45, 2.75) is 18.7 Å². The predicted molar refractivity (Wildman–Crippen MR) is 91.1 cm³/mol. The molecule has 3 nitrogen and oxygen atoms in total. The molecule has 5 heteroatoms. The van der Waals surface area contributed by atoms with Crippen LogP contribution in [0.2, 0.25) is 5.02 Å². The fraction of sp³-hybridized carbons (Fsp3) is 0.188. The maximum atomic E-state index is 12.0. The van der Waals surface area contributed by atoms with Gasteiger partial charge in [-0.1, -0.05) is 29.3 Å². The summed E-state index contributed by atoms with van der Waals surface area (Å²) in [4.78, 5) is 12.8. The number of benzene rings is 2. The number of carbonyl (C=O) groups is 1. The second-order valence-electron chi connectivity index (χ2n) is 4.84. The second-order valence-corrected chi connectivity index (χ2v) is 6.29. The zero-order chi connectivity index (χ0) is 15.4. The van der Waals surface area contributed by atoms with E-state index in [-0.39, 0.29) is 11.7 Å². The quantitative estimate of drug-likeness (QED) is 0.653. The lowest BCUT2D eigenvalue weighted by atomic mass is 10.1. The van der Waals surface area contributed by atoms with Gasteiger partial charge in [0.05, 0.1) is 5.75 Å². The molecule has 0 saturated carbocycles. The van der Waals surface area contributed by atoms with Crippen LogP contribution in [0.25, 0.3) is 0 Å². The number of rotatable bonds is 4. The van der Waals surface area contributed by atoms with Gasteiger partial charge in [-0.05, 0) is 43.7 Å². The summed E-state index contributed by atoms with van der Waals surface area (Å²) in [6.07, 6.45) is 0. The number of carbonyl (C=O) groups excluding carboxylic acids is 1. The molecule has 1 amide bonds. The first-order valence-corrected chi connectivity index (χ1v) is 7.87. The second kappa shape index (κ2) is 6.87. The number of nitrogen functional groups attached to an aromatic ring is 1. The Balaban J connectivity index is 1.97. The molecule has 0 heterocycles. The number of nitrogens with two attached hydrogens (primary N) is 1. The minimum atomic E-state index is -0.0636. The van der Waals surface area contributed by atoms with E-state index in [2.05, 4.69) is 5.32 Å². The Morgan fingerprint density at radius 3 is 2.71 bits per heavy atom. The standard InChI is InChI=1S/C16H17ClN2OS/c1-10-3-6-14(11(2)7-10)19-16(20)9-21-15-8-12(17)4-5-13(15)18/h3-8H,9,18H2,1-2H3,(H,19,20). The van der Waals surface area contributed by atoms with Gasteiger partial charge in [0.1, 0.15) is 0 Å². The van der Waals surface area contributed by atoms with E-state index in [1.165, 1.54) is 17.3 Å². The SMILES string of the molecule is Cc1ccc(NC(=O)CSc2cc(Cl)ccc2N)c(C)c1. The molecular weight excluding hydrogens is 304 g/mol. The Bertz CT molecular complexity index is 673. The molecular formula is C16H17ClN2OS. The van der Waals surface area contributed by atoms with E-state index in [1.807, 2.05) is 32.0 Å². The van der Waals surface area contributed by atoms with Crippen molar-refractivity contribution in [2.24, 2.45) is 0 Å². The lowest BCUT2D eigenvalue weighted by molar-refractivity contribution is -0.113. The Labute approximate surface area is 133 Å². The lowest BCUT2D eigenvalue weighted by Gasteiger charge is -2.10. The Morgan fingerprint density at radius 2 is 2.00 bits per heavy atom. The van der Waals surface area contributed by atoms with Gasteiger partial charge in [-0.3, -0.25) is 4.79 Å². The molecule has 0 aliphatic rings. The Kier molecular flexibility index (Phi) is 5.15. The molecule has 2 rings (SSSR count). The monoisotopic (exact) mass is 320 g/mol. The van der Waals surface area contributed by atoms with E-state index in [4.69, 9.17) is 17.3 Å². The molecule has 0 aromatic heterocycles. The maximum absolute atomic E-state index is 12.0. The molecule has 0 unspecified atom stereocenters. The first-order valence-electron chi connectivity index (χ1n) is 6.50. The third-order valence-electron chi connectivity index (χ3n) is 2.99. The number of thioether (sulfide) groups is 1. The average Bonchev–Trinajstić information content (AvgIpc) is 2.43. The fourth-order valence-corrected chi connectivity index (χ4v) is 2.96. The molecule has 2 aromatic rings. The predicted octanol–water partition coefficient (Wildman–Crippen LogP) is 4.27. The van der Waals surface area contributed by atoms with Crippen molar-refractivity contribution >= 4 is 40.6 Å². The normalized spacial score (nSPS) is 10.4. The summed E-state index contributed by atoms with van der Waals surface area (Å²) in [5.41, 5.74) is 9.55. The molecule has 0 aliphatic heterocycles. The van der Waals surface area contributed by atoms with Gasteiger partial charge in [0.15, 0.2) is 0 Å². The zero-order valence-corrected chi connectivity index (χ0v) is 13.5. The van der Waals surface area contributed by atoms with Crippen LogP contribution in [-0.2, 0) is 4.79 Å². The first kappa shape index (κ1) is 15.7. The van der Waals surface area contributed by atoms with Crippen molar-refractivity contribution < 1.29 is 4.79 Å². The molecule has 3 N–H and O–H groups in total. The van der Waals surface area contributed by atoms with Crippen LogP contribution in [-0.4, -0.2) is 11.7 Å². The summed E-state index contributed by atoms with van der Waals surface area (Å²) in [7, 11) is 0. The zero-order valence-electron chi connectivity index (χ0n) is 11.9. The van der Waals surface area contributed by atoms with Gasteiger partial charge in [-0.25, -0.2) is 0 Å². The van der Waals surface area contributed by atoms with Crippen LogP contribution in [0.1, 0.15) is 11.1 Å². The van der Waals surface area contributed by atoms with Crippen LogP contribution < -0.4 is 11.1 Å². The highest BCUT2D eigenvalue weighted by molar-refractivity contribution is 8.00. The van der Waals surface area contributed by atoms with E-state index in [0.29, 0.717) is 10.7 Å². The molecule has 110 valence electrons. The number of aryl methyl sites for hydroxylation is 2. The fourth-order valence-electron chi connectivity index (χ4n) is 1.92. The minimum absolute atomic E-state index is 0.0636. The summed E-state index contributed by atoms with van der Waals surface area (Å²) < 4.78 is 0. The molecule has 0 spiro atoms. The van der Waals surface area contributed by atoms with Gasteiger partial charge in [0.25, 0.3) is 0 Å². The van der Waals surface area contributed by atoms with E-state index in [1.54, 1.807) is 18.2 Å². The summed E-state index contributed by atoms with van der Waals surface area (Å²) in [6, 6.07) is 11.2. The topological polar surface area (TPSA) is 55.1 Å². The molecule has 0 atom stereocenters. The number of hydrogen-bond donors (Lipinski definition) is 2. The van der Waals surface area contributed by atoms with E-state index in [0.717, 1.165) is 16.1 Å². The average molecular weight is 321 g/mol. The number of hydrogen-bond acceptors (Lipinski definition) is 3. The van der Waals surface area contributed by atoms with Crippen molar-refractivity contribution in [1.82, 2.24) is 0 Å². The third-order valence-corrected chi connectivity index (χ3v) is 4.30. The summed E-state index contributed by atoms with van der Waals surface area (Å²) >= 11 is 7.30. The number of nitrogens with one attached hydrogen (secondary N) is 1. The molecule has 21 heavy (non-hydrogen) atoms. The van der Waals surface area contributed by atoms with Crippen molar-refractivity contribution in [3.63, 3.8) is 0 Å². The Morgan fingerprint density at radius 1 is 1.24 bits per heavy atom. The van der Waals surface area contributed by atoms with E-state index >= 15 is 0 Å². The van der Waals surface area contributed by atoms with Crippen molar-refractivity contribution in [2.75, 3.05) is 16.8 Å². The first-order chi connectivity index (χ1) is 9.95. The van der Waals surface area contributed by atoms with Crippen LogP contribution in [0.4, 0.5) is 11.4 Å². The Hall–Kier alpha value is -1.65. The third kappa shape index (κ3) is 4.41. The number of anilines is 2. The molecule has 0 saturated heterocycles. The van der Waals surface area contributed by atoms with E-state index < -0.39 is 0 Å². The molecule has 0 fully saturated rings. The maximum Gasteiger partial charge on any atom is 0.234 e. The summed E-state index contributed by atoms with van der Waals surface area (Å²) in [5, 5.41) is 3.52. The lowest BCUT2D eigenvalue weighted by Crippen LogP contribution is -2.15. The van der Waals surface area contributed by atoms with Crippen LogP contribution in [0.3, 0.4) is 0 Å². The van der Waals surface area contributed by atoms with Crippen LogP contribution in [0.5, 0.6) is 0 Å².